The molecule has 2 N–H and O–H groups in total. The summed E-state index contributed by atoms with van der Waals surface area (Å²) in [7, 11) is 0. The molecule has 3 aromatic heterocycles. The standard InChI is InChI=1S/C26H29N7O2/c1-17-15-33-24(28-25(17)31-12-10-19(27)16-31)14-20(29-33)22-9-5-6-11-32(22)26(34)21-13-23(35-30-21)18-7-3-2-4-8-18/h2-4,7-8,13-15,19,22H,5-6,9-12,16,27H2,1H3/t19-,22-/m0/s1. The van der Waals surface area contributed by atoms with Crippen LogP contribution in [0.5, 0.6) is 0 Å². The number of anilines is 1. The summed E-state index contributed by atoms with van der Waals surface area (Å²) in [5.74, 6) is 1.42. The average molecular weight is 472 g/mol. The number of rotatable bonds is 4. The highest BCUT2D eigenvalue weighted by atomic mass is 16.5. The molecule has 9 heteroatoms. The molecule has 35 heavy (non-hydrogen) atoms. The maximum absolute atomic E-state index is 13.5. The Labute approximate surface area is 203 Å². The molecule has 9 nitrogen and oxygen atoms in total. The third-order valence-electron chi connectivity index (χ3n) is 7.04. The molecule has 2 saturated heterocycles. The molecule has 0 spiro atoms. The number of benzene rings is 1. The number of piperidine rings is 1. The highest BCUT2D eigenvalue weighted by Gasteiger charge is 2.32. The molecular weight excluding hydrogens is 442 g/mol. The van der Waals surface area contributed by atoms with E-state index in [1.54, 1.807) is 6.07 Å². The molecular formula is C26H29N7O2. The van der Waals surface area contributed by atoms with Gasteiger partial charge in [0.1, 0.15) is 5.82 Å². The summed E-state index contributed by atoms with van der Waals surface area (Å²) >= 11 is 0. The molecule has 2 fully saturated rings. The van der Waals surface area contributed by atoms with Crippen LogP contribution in [-0.4, -0.2) is 56.2 Å². The Hall–Kier alpha value is -3.72. The van der Waals surface area contributed by atoms with Crippen molar-refractivity contribution in [2.75, 3.05) is 24.5 Å². The molecule has 2 aliphatic heterocycles. The molecule has 2 aliphatic rings. The molecule has 0 saturated carbocycles. The van der Waals surface area contributed by atoms with Crippen molar-refractivity contribution in [2.24, 2.45) is 5.73 Å². The van der Waals surface area contributed by atoms with Crippen LogP contribution >= 0.6 is 0 Å². The first-order valence-corrected chi connectivity index (χ1v) is 12.3. The molecule has 0 unspecified atom stereocenters. The van der Waals surface area contributed by atoms with Gasteiger partial charge in [0.15, 0.2) is 17.1 Å². The first kappa shape index (κ1) is 21.8. The third kappa shape index (κ3) is 4.05. The Morgan fingerprint density at radius 1 is 1.11 bits per heavy atom. The SMILES string of the molecule is Cc1cn2nc([C@@H]3CCCCN3C(=O)c3cc(-c4ccccc4)on3)cc2nc1N1CC[C@H](N)C1. The Kier molecular flexibility index (Phi) is 5.49. The minimum Gasteiger partial charge on any atom is -0.355 e. The van der Waals surface area contributed by atoms with Gasteiger partial charge in [-0.2, -0.15) is 5.10 Å². The lowest BCUT2D eigenvalue weighted by Gasteiger charge is -2.34. The molecule has 1 aromatic carbocycles. The van der Waals surface area contributed by atoms with Gasteiger partial charge in [-0.3, -0.25) is 4.79 Å². The van der Waals surface area contributed by atoms with E-state index in [0.717, 1.165) is 67.1 Å². The lowest BCUT2D eigenvalue weighted by molar-refractivity contribution is 0.0595. The topological polar surface area (TPSA) is 106 Å². The Balaban J connectivity index is 1.29. The van der Waals surface area contributed by atoms with Gasteiger partial charge in [0.2, 0.25) is 0 Å². The number of carbonyl (C=O) groups excluding carboxylic acids is 1. The molecule has 6 rings (SSSR count). The van der Waals surface area contributed by atoms with Crippen LogP contribution in [0.2, 0.25) is 0 Å². The van der Waals surface area contributed by atoms with Crippen molar-refractivity contribution in [3.63, 3.8) is 0 Å². The van der Waals surface area contributed by atoms with Gasteiger partial charge in [-0.05, 0) is 32.6 Å². The maximum Gasteiger partial charge on any atom is 0.276 e. The summed E-state index contributed by atoms with van der Waals surface area (Å²) in [6.45, 7) is 4.45. The number of nitrogens with two attached hydrogens (primary N) is 1. The van der Waals surface area contributed by atoms with Crippen LogP contribution in [0.25, 0.3) is 17.0 Å². The zero-order valence-electron chi connectivity index (χ0n) is 19.8. The van der Waals surface area contributed by atoms with E-state index in [0.29, 0.717) is 18.0 Å². The fraction of sp³-hybridized carbons (Fsp3) is 0.385. The Morgan fingerprint density at radius 2 is 1.97 bits per heavy atom. The average Bonchev–Trinajstić information content (AvgIpc) is 3.63. The number of amides is 1. The number of fused-ring (bicyclic) bond motifs is 1. The van der Waals surface area contributed by atoms with Crippen LogP contribution in [0, 0.1) is 6.92 Å². The van der Waals surface area contributed by atoms with Gasteiger partial charge in [-0.25, -0.2) is 9.50 Å². The van der Waals surface area contributed by atoms with Crippen molar-refractivity contribution in [2.45, 2.75) is 44.7 Å². The first-order chi connectivity index (χ1) is 17.1. The van der Waals surface area contributed by atoms with E-state index in [-0.39, 0.29) is 18.0 Å². The van der Waals surface area contributed by atoms with E-state index < -0.39 is 0 Å². The summed E-state index contributed by atoms with van der Waals surface area (Å²) in [6.07, 6.45) is 5.84. The molecule has 2 atom stereocenters. The predicted molar refractivity (Wildman–Crippen MR) is 132 cm³/mol. The fourth-order valence-corrected chi connectivity index (χ4v) is 5.23. The fourth-order valence-electron chi connectivity index (χ4n) is 5.23. The number of aromatic nitrogens is 4. The lowest BCUT2D eigenvalue weighted by Crippen LogP contribution is -2.38. The van der Waals surface area contributed by atoms with Gasteiger partial charge in [-0.15, -0.1) is 0 Å². The van der Waals surface area contributed by atoms with Gasteiger partial charge in [0.05, 0.1) is 11.7 Å². The lowest BCUT2D eigenvalue weighted by atomic mass is 9.99. The van der Waals surface area contributed by atoms with Crippen molar-refractivity contribution in [1.29, 1.82) is 0 Å². The summed E-state index contributed by atoms with van der Waals surface area (Å²) in [6, 6.07) is 13.5. The number of hydrogen-bond donors (Lipinski definition) is 1. The van der Waals surface area contributed by atoms with Crippen LogP contribution in [0.15, 0.2) is 53.2 Å². The van der Waals surface area contributed by atoms with Gasteiger partial charge < -0.3 is 20.1 Å². The van der Waals surface area contributed by atoms with Crippen LogP contribution in [-0.2, 0) is 0 Å². The molecule has 0 radical (unpaired) electrons. The normalized spacial score (nSPS) is 20.6. The molecule has 1 amide bonds. The second kappa shape index (κ2) is 8.81. The van der Waals surface area contributed by atoms with E-state index in [1.807, 2.05) is 52.0 Å². The molecule has 4 aromatic rings. The molecule has 5 heterocycles. The van der Waals surface area contributed by atoms with Gasteiger partial charge >= 0.3 is 0 Å². The summed E-state index contributed by atoms with van der Waals surface area (Å²) in [5, 5.41) is 8.92. The maximum atomic E-state index is 13.5. The number of nitrogens with zero attached hydrogens (tertiary/aromatic N) is 6. The highest BCUT2D eigenvalue weighted by Crippen LogP contribution is 2.33. The molecule has 180 valence electrons. The quantitative estimate of drug-likeness (QED) is 0.485. The van der Waals surface area contributed by atoms with Crippen LogP contribution in [0.1, 0.15) is 53.5 Å². The van der Waals surface area contributed by atoms with Crippen molar-refractivity contribution in [3.05, 3.63) is 65.6 Å². The van der Waals surface area contributed by atoms with E-state index in [2.05, 4.69) is 17.0 Å². The van der Waals surface area contributed by atoms with E-state index in [4.69, 9.17) is 20.3 Å². The highest BCUT2D eigenvalue weighted by molar-refractivity contribution is 5.93. The minimum absolute atomic E-state index is 0.126. The summed E-state index contributed by atoms with van der Waals surface area (Å²) in [5.41, 5.74) is 10.0. The van der Waals surface area contributed by atoms with E-state index in [9.17, 15) is 4.79 Å². The van der Waals surface area contributed by atoms with Crippen molar-refractivity contribution >= 4 is 17.4 Å². The zero-order valence-corrected chi connectivity index (χ0v) is 19.8. The minimum atomic E-state index is -0.131. The van der Waals surface area contributed by atoms with Crippen molar-refractivity contribution in [1.82, 2.24) is 24.7 Å². The Bertz CT molecular complexity index is 1360. The van der Waals surface area contributed by atoms with Gasteiger partial charge in [-0.1, -0.05) is 35.5 Å². The van der Waals surface area contributed by atoms with Crippen molar-refractivity contribution < 1.29 is 9.32 Å². The van der Waals surface area contributed by atoms with Crippen LogP contribution < -0.4 is 10.6 Å². The van der Waals surface area contributed by atoms with Gasteiger partial charge in [0, 0.05) is 55.1 Å². The number of likely N-dealkylation sites (tertiary alicyclic amines) is 1. The molecule has 0 bridgehead atoms. The monoisotopic (exact) mass is 471 g/mol. The number of aryl methyl sites for hydroxylation is 1. The predicted octanol–water partition coefficient (Wildman–Crippen LogP) is 3.60. The van der Waals surface area contributed by atoms with Crippen LogP contribution in [0.3, 0.4) is 0 Å². The van der Waals surface area contributed by atoms with Gasteiger partial charge in [0.25, 0.3) is 5.91 Å². The summed E-state index contributed by atoms with van der Waals surface area (Å²) in [4.78, 5) is 22.5. The second-order valence-electron chi connectivity index (χ2n) is 9.57. The second-order valence-corrected chi connectivity index (χ2v) is 9.57. The number of carbonyl (C=O) groups is 1. The molecule has 0 aliphatic carbocycles. The number of hydrogen-bond acceptors (Lipinski definition) is 7. The smallest absolute Gasteiger partial charge is 0.276 e. The van der Waals surface area contributed by atoms with E-state index >= 15 is 0 Å². The van der Waals surface area contributed by atoms with E-state index in [1.165, 1.54) is 0 Å². The van der Waals surface area contributed by atoms with Crippen LogP contribution in [0.4, 0.5) is 5.82 Å². The zero-order chi connectivity index (χ0) is 23.9. The first-order valence-electron chi connectivity index (χ1n) is 12.3. The largest absolute Gasteiger partial charge is 0.355 e. The summed E-state index contributed by atoms with van der Waals surface area (Å²) < 4.78 is 7.32. The third-order valence-corrected chi connectivity index (χ3v) is 7.04. The Morgan fingerprint density at radius 3 is 2.77 bits per heavy atom. The van der Waals surface area contributed by atoms with Crippen molar-refractivity contribution in [3.8, 4) is 11.3 Å².